The topological polar surface area (TPSA) is 105 Å². The molecule has 150 valence electrons. The Morgan fingerprint density at radius 3 is 2.43 bits per heavy atom. The van der Waals surface area contributed by atoms with Gasteiger partial charge in [0.2, 0.25) is 0 Å². The SMILES string of the molecule is CC1CCC2(CC1)NC(=O)N(NC(=O)COC(=O)c1cc(Cl)cc(Cl)c1)C2=O. The van der Waals surface area contributed by atoms with Gasteiger partial charge in [-0.25, -0.2) is 9.59 Å². The van der Waals surface area contributed by atoms with Crippen molar-refractivity contribution in [3.63, 3.8) is 0 Å². The average Bonchev–Trinajstić information content (AvgIpc) is 2.86. The lowest BCUT2D eigenvalue weighted by atomic mass is 9.77. The largest absolute Gasteiger partial charge is 0.452 e. The molecule has 0 unspecified atom stereocenters. The normalized spacial score (nSPS) is 24.2. The van der Waals surface area contributed by atoms with E-state index in [1.165, 1.54) is 18.2 Å². The molecular formula is C18H19Cl2N3O5. The maximum atomic E-state index is 12.7. The van der Waals surface area contributed by atoms with Crippen LogP contribution in [0.2, 0.25) is 10.0 Å². The number of esters is 1. The number of nitrogens with one attached hydrogen (secondary N) is 2. The van der Waals surface area contributed by atoms with Crippen molar-refractivity contribution in [2.24, 2.45) is 5.92 Å². The minimum Gasteiger partial charge on any atom is -0.452 e. The van der Waals surface area contributed by atoms with Crippen LogP contribution >= 0.6 is 23.2 Å². The summed E-state index contributed by atoms with van der Waals surface area (Å²) >= 11 is 11.6. The standard InChI is InChI=1S/C18H19Cl2N3O5/c1-10-2-4-18(5-3-10)16(26)23(17(27)21-18)22-14(24)9-28-15(25)11-6-12(19)8-13(20)7-11/h6-8,10H,2-5,9H2,1H3,(H,21,27)(H,22,24). The molecule has 1 saturated carbocycles. The lowest BCUT2D eigenvalue weighted by Crippen LogP contribution is -2.52. The second kappa shape index (κ2) is 7.97. The molecule has 2 aliphatic rings. The monoisotopic (exact) mass is 427 g/mol. The van der Waals surface area contributed by atoms with Crippen molar-refractivity contribution in [1.82, 2.24) is 15.8 Å². The Kier molecular flexibility index (Phi) is 5.81. The third-order valence-corrected chi connectivity index (χ3v) is 5.40. The molecule has 1 spiro atoms. The molecule has 1 aliphatic heterocycles. The summed E-state index contributed by atoms with van der Waals surface area (Å²) in [7, 11) is 0. The summed E-state index contributed by atoms with van der Waals surface area (Å²) in [5, 5.41) is 3.83. The van der Waals surface area contributed by atoms with E-state index in [4.69, 9.17) is 27.9 Å². The van der Waals surface area contributed by atoms with Crippen LogP contribution in [0, 0.1) is 5.92 Å². The molecule has 1 heterocycles. The van der Waals surface area contributed by atoms with Gasteiger partial charge >= 0.3 is 12.0 Å². The number of carbonyl (C=O) groups excluding carboxylic acids is 4. The first-order valence-electron chi connectivity index (χ1n) is 8.79. The molecule has 1 aliphatic carbocycles. The maximum absolute atomic E-state index is 12.7. The third-order valence-electron chi connectivity index (χ3n) is 4.96. The summed E-state index contributed by atoms with van der Waals surface area (Å²) in [6.45, 7) is 1.42. The van der Waals surface area contributed by atoms with Crippen molar-refractivity contribution in [1.29, 1.82) is 0 Å². The fraction of sp³-hybridized carbons (Fsp3) is 0.444. The van der Waals surface area contributed by atoms with E-state index >= 15 is 0 Å². The fourth-order valence-corrected chi connectivity index (χ4v) is 3.88. The number of hydrogen-bond acceptors (Lipinski definition) is 5. The van der Waals surface area contributed by atoms with Crippen molar-refractivity contribution < 1.29 is 23.9 Å². The van der Waals surface area contributed by atoms with E-state index in [1.807, 2.05) is 0 Å². The first-order valence-corrected chi connectivity index (χ1v) is 9.55. The molecular weight excluding hydrogens is 409 g/mol. The van der Waals surface area contributed by atoms with Crippen LogP contribution in [0.15, 0.2) is 18.2 Å². The molecule has 1 saturated heterocycles. The van der Waals surface area contributed by atoms with E-state index in [0.717, 1.165) is 12.8 Å². The molecule has 0 aromatic heterocycles. The number of amides is 4. The minimum absolute atomic E-state index is 0.0792. The highest BCUT2D eigenvalue weighted by Gasteiger charge is 2.52. The second-order valence-corrected chi connectivity index (χ2v) is 7.98. The minimum atomic E-state index is -0.967. The number of urea groups is 1. The highest BCUT2D eigenvalue weighted by Crippen LogP contribution is 2.35. The molecule has 10 heteroatoms. The van der Waals surface area contributed by atoms with Crippen molar-refractivity contribution >= 4 is 47.0 Å². The van der Waals surface area contributed by atoms with Gasteiger partial charge in [0, 0.05) is 10.0 Å². The number of benzene rings is 1. The zero-order valence-corrected chi connectivity index (χ0v) is 16.6. The van der Waals surface area contributed by atoms with Gasteiger partial charge in [0.1, 0.15) is 5.54 Å². The summed E-state index contributed by atoms with van der Waals surface area (Å²) in [4.78, 5) is 48.9. The lowest BCUT2D eigenvalue weighted by Gasteiger charge is -2.33. The molecule has 1 aromatic rings. The summed E-state index contributed by atoms with van der Waals surface area (Å²) in [5.41, 5.74) is 1.31. The first-order chi connectivity index (χ1) is 13.2. The quantitative estimate of drug-likeness (QED) is 0.567. The van der Waals surface area contributed by atoms with Crippen LogP contribution in [-0.4, -0.2) is 41.0 Å². The molecule has 0 radical (unpaired) electrons. The zero-order chi connectivity index (χ0) is 20.5. The van der Waals surface area contributed by atoms with Gasteiger partial charge in [0.05, 0.1) is 5.56 Å². The Hall–Kier alpha value is -2.32. The predicted molar refractivity (Wildman–Crippen MR) is 101 cm³/mol. The maximum Gasteiger partial charge on any atom is 0.344 e. The van der Waals surface area contributed by atoms with Gasteiger partial charge in [-0.3, -0.25) is 15.0 Å². The number of rotatable bonds is 4. The zero-order valence-electron chi connectivity index (χ0n) is 15.1. The van der Waals surface area contributed by atoms with Crippen molar-refractivity contribution in [3.8, 4) is 0 Å². The predicted octanol–water partition coefficient (Wildman–Crippen LogP) is 2.68. The van der Waals surface area contributed by atoms with Crippen LogP contribution < -0.4 is 10.7 Å². The Morgan fingerprint density at radius 1 is 1.21 bits per heavy atom. The molecule has 2 N–H and O–H groups in total. The Balaban J connectivity index is 1.56. The van der Waals surface area contributed by atoms with Crippen molar-refractivity contribution in [2.75, 3.05) is 6.61 Å². The summed E-state index contributed by atoms with van der Waals surface area (Å²) in [5.74, 6) is -1.63. The van der Waals surface area contributed by atoms with E-state index in [-0.39, 0.29) is 15.6 Å². The van der Waals surface area contributed by atoms with Crippen molar-refractivity contribution in [3.05, 3.63) is 33.8 Å². The van der Waals surface area contributed by atoms with Crippen LogP contribution in [-0.2, 0) is 14.3 Å². The summed E-state index contributed by atoms with van der Waals surface area (Å²) in [6.07, 6.45) is 2.67. The second-order valence-electron chi connectivity index (χ2n) is 7.10. The molecule has 1 aromatic carbocycles. The number of ether oxygens (including phenoxy) is 1. The number of hydrogen-bond donors (Lipinski definition) is 2. The molecule has 3 rings (SSSR count). The Morgan fingerprint density at radius 2 is 1.82 bits per heavy atom. The smallest absolute Gasteiger partial charge is 0.344 e. The number of hydrazine groups is 1. The van der Waals surface area contributed by atoms with Gasteiger partial charge < -0.3 is 10.1 Å². The van der Waals surface area contributed by atoms with Gasteiger partial charge in [-0.1, -0.05) is 30.1 Å². The molecule has 0 bridgehead atoms. The Labute approximate surface area is 171 Å². The molecule has 8 nitrogen and oxygen atoms in total. The van der Waals surface area contributed by atoms with Crippen LogP contribution in [0.25, 0.3) is 0 Å². The van der Waals surface area contributed by atoms with Crippen LogP contribution in [0.4, 0.5) is 4.79 Å². The molecule has 2 fully saturated rings. The molecule has 28 heavy (non-hydrogen) atoms. The van der Waals surface area contributed by atoms with Gasteiger partial charge in [-0.05, 0) is 49.8 Å². The van der Waals surface area contributed by atoms with Gasteiger partial charge in [0.25, 0.3) is 11.8 Å². The number of halogens is 2. The molecule has 0 atom stereocenters. The summed E-state index contributed by atoms with van der Waals surface area (Å²) < 4.78 is 4.89. The van der Waals surface area contributed by atoms with Crippen LogP contribution in [0.5, 0.6) is 0 Å². The fourth-order valence-electron chi connectivity index (χ4n) is 3.36. The van der Waals surface area contributed by atoms with E-state index in [0.29, 0.717) is 23.8 Å². The number of imide groups is 1. The third kappa shape index (κ3) is 4.23. The first kappa shape index (κ1) is 20.4. The highest BCUT2D eigenvalue weighted by atomic mass is 35.5. The van der Waals surface area contributed by atoms with E-state index in [2.05, 4.69) is 17.7 Å². The van der Waals surface area contributed by atoms with Gasteiger partial charge in [-0.2, -0.15) is 5.01 Å². The molecule has 4 amide bonds. The lowest BCUT2D eigenvalue weighted by molar-refractivity contribution is -0.141. The number of carbonyl (C=O) groups is 4. The Bertz CT molecular complexity index is 816. The average molecular weight is 428 g/mol. The van der Waals surface area contributed by atoms with Gasteiger partial charge in [0.15, 0.2) is 6.61 Å². The van der Waals surface area contributed by atoms with E-state index in [1.54, 1.807) is 0 Å². The van der Waals surface area contributed by atoms with Crippen LogP contribution in [0.3, 0.4) is 0 Å². The van der Waals surface area contributed by atoms with Gasteiger partial charge in [-0.15, -0.1) is 0 Å². The van der Waals surface area contributed by atoms with E-state index < -0.39 is 36.0 Å². The van der Waals surface area contributed by atoms with Crippen LogP contribution in [0.1, 0.15) is 43.0 Å². The van der Waals surface area contributed by atoms with Crippen molar-refractivity contribution in [2.45, 2.75) is 38.1 Å². The highest BCUT2D eigenvalue weighted by molar-refractivity contribution is 6.35. The number of nitrogens with zero attached hydrogens (tertiary/aromatic N) is 1. The summed E-state index contributed by atoms with van der Waals surface area (Å²) in [6, 6.07) is 3.45. The van der Waals surface area contributed by atoms with E-state index in [9.17, 15) is 19.2 Å².